The van der Waals surface area contributed by atoms with Crippen molar-refractivity contribution < 1.29 is 4.79 Å². The zero-order valence-corrected chi connectivity index (χ0v) is 12.1. The highest BCUT2D eigenvalue weighted by atomic mass is 32.1. The van der Waals surface area contributed by atoms with Gasteiger partial charge < -0.3 is 10.2 Å². The average molecular weight is 266 g/mol. The van der Waals surface area contributed by atoms with Crippen LogP contribution < -0.4 is 5.32 Å². The molecule has 1 fully saturated rings. The molecule has 1 aromatic heterocycles. The summed E-state index contributed by atoms with van der Waals surface area (Å²) in [5.74, 6) is 0.280. The van der Waals surface area contributed by atoms with Crippen molar-refractivity contribution in [2.45, 2.75) is 45.7 Å². The third-order valence-electron chi connectivity index (χ3n) is 3.47. The molecule has 0 radical (unpaired) electrons. The standard InChI is InChI=1S/C14H22N2OS/c1-3-7-15-12-5-4-8-16(14(12)17)10-13-11(2)6-9-18-13/h6,9,12,15H,3-5,7-8,10H2,1-2H3. The van der Waals surface area contributed by atoms with Crippen LogP contribution in [-0.4, -0.2) is 29.9 Å². The first kappa shape index (κ1) is 13.6. The van der Waals surface area contributed by atoms with E-state index in [4.69, 9.17) is 0 Å². The van der Waals surface area contributed by atoms with Crippen molar-refractivity contribution in [1.82, 2.24) is 10.2 Å². The Bertz CT molecular complexity index is 402. The van der Waals surface area contributed by atoms with Gasteiger partial charge in [-0.25, -0.2) is 0 Å². The summed E-state index contributed by atoms with van der Waals surface area (Å²) in [6.07, 6.45) is 3.17. The number of likely N-dealkylation sites (tertiary alicyclic amines) is 1. The summed E-state index contributed by atoms with van der Waals surface area (Å²) in [6.45, 7) is 6.87. The van der Waals surface area contributed by atoms with Gasteiger partial charge in [-0.2, -0.15) is 0 Å². The SMILES string of the molecule is CCCNC1CCCN(Cc2sccc2C)C1=O. The van der Waals surface area contributed by atoms with Crippen LogP contribution in [0.15, 0.2) is 11.4 Å². The molecule has 1 N–H and O–H groups in total. The van der Waals surface area contributed by atoms with E-state index in [0.717, 1.165) is 38.9 Å². The minimum absolute atomic E-state index is 0.0407. The minimum Gasteiger partial charge on any atom is -0.336 e. The van der Waals surface area contributed by atoms with Gasteiger partial charge in [0.2, 0.25) is 5.91 Å². The van der Waals surface area contributed by atoms with Gasteiger partial charge in [-0.3, -0.25) is 4.79 Å². The molecule has 1 atom stereocenters. The topological polar surface area (TPSA) is 32.3 Å². The van der Waals surface area contributed by atoms with E-state index >= 15 is 0 Å². The third-order valence-corrected chi connectivity index (χ3v) is 4.48. The van der Waals surface area contributed by atoms with E-state index in [1.165, 1.54) is 10.4 Å². The maximum atomic E-state index is 12.3. The maximum Gasteiger partial charge on any atom is 0.240 e. The molecule has 0 aromatic carbocycles. The van der Waals surface area contributed by atoms with E-state index in [-0.39, 0.29) is 11.9 Å². The normalized spacial score (nSPS) is 20.4. The fourth-order valence-electron chi connectivity index (χ4n) is 2.34. The van der Waals surface area contributed by atoms with Crippen molar-refractivity contribution >= 4 is 17.2 Å². The zero-order valence-electron chi connectivity index (χ0n) is 11.2. The van der Waals surface area contributed by atoms with Gasteiger partial charge in [-0.1, -0.05) is 6.92 Å². The van der Waals surface area contributed by atoms with Gasteiger partial charge in [0.1, 0.15) is 0 Å². The van der Waals surface area contributed by atoms with Crippen molar-refractivity contribution in [1.29, 1.82) is 0 Å². The lowest BCUT2D eigenvalue weighted by Crippen LogP contribution is -2.50. The summed E-state index contributed by atoms with van der Waals surface area (Å²) in [4.78, 5) is 15.7. The van der Waals surface area contributed by atoms with E-state index in [1.54, 1.807) is 11.3 Å². The first-order chi connectivity index (χ1) is 8.72. The number of carbonyl (C=O) groups is 1. The minimum atomic E-state index is 0.0407. The van der Waals surface area contributed by atoms with E-state index in [0.29, 0.717) is 0 Å². The third kappa shape index (κ3) is 3.12. The molecule has 1 aliphatic heterocycles. The Morgan fingerprint density at radius 1 is 1.56 bits per heavy atom. The van der Waals surface area contributed by atoms with Crippen LogP contribution in [0.2, 0.25) is 0 Å². The highest BCUT2D eigenvalue weighted by Gasteiger charge is 2.28. The number of aryl methyl sites for hydroxylation is 1. The van der Waals surface area contributed by atoms with Gasteiger partial charge in [0, 0.05) is 11.4 Å². The molecule has 4 heteroatoms. The first-order valence-electron chi connectivity index (χ1n) is 6.77. The second kappa shape index (κ2) is 6.34. The van der Waals surface area contributed by atoms with Gasteiger partial charge in [0.05, 0.1) is 12.6 Å². The van der Waals surface area contributed by atoms with Crippen LogP contribution in [0.4, 0.5) is 0 Å². The summed E-state index contributed by atoms with van der Waals surface area (Å²) in [5.41, 5.74) is 1.30. The molecule has 1 saturated heterocycles. The molecule has 2 heterocycles. The summed E-state index contributed by atoms with van der Waals surface area (Å²) in [6, 6.07) is 2.17. The van der Waals surface area contributed by atoms with Crippen molar-refractivity contribution in [3.05, 3.63) is 21.9 Å². The van der Waals surface area contributed by atoms with Gasteiger partial charge in [0.15, 0.2) is 0 Å². The van der Waals surface area contributed by atoms with Crippen LogP contribution in [0.25, 0.3) is 0 Å². The lowest BCUT2D eigenvalue weighted by molar-refractivity contribution is -0.136. The molecule has 0 saturated carbocycles. The number of rotatable bonds is 5. The Morgan fingerprint density at radius 3 is 3.06 bits per heavy atom. The maximum absolute atomic E-state index is 12.3. The van der Waals surface area contributed by atoms with Crippen LogP contribution in [0.5, 0.6) is 0 Å². The number of amides is 1. The summed E-state index contributed by atoms with van der Waals surface area (Å²) >= 11 is 1.75. The number of thiophene rings is 1. The summed E-state index contributed by atoms with van der Waals surface area (Å²) in [5, 5.41) is 5.46. The predicted molar refractivity (Wildman–Crippen MR) is 75.8 cm³/mol. The second-order valence-electron chi connectivity index (χ2n) is 4.94. The number of nitrogens with one attached hydrogen (secondary N) is 1. The van der Waals surface area contributed by atoms with Crippen molar-refractivity contribution in [2.24, 2.45) is 0 Å². The molecule has 0 aliphatic carbocycles. The van der Waals surface area contributed by atoms with Crippen LogP contribution >= 0.6 is 11.3 Å². The molecule has 18 heavy (non-hydrogen) atoms. The lowest BCUT2D eigenvalue weighted by Gasteiger charge is -2.32. The molecule has 3 nitrogen and oxygen atoms in total. The van der Waals surface area contributed by atoms with E-state index in [2.05, 4.69) is 30.6 Å². The van der Waals surface area contributed by atoms with Crippen LogP contribution in [-0.2, 0) is 11.3 Å². The molecular weight excluding hydrogens is 244 g/mol. The molecule has 0 spiro atoms. The fraction of sp³-hybridized carbons (Fsp3) is 0.643. The van der Waals surface area contributed by atoms with Crippen molar-refractivity contribution in [3.63, 3.8) is 0 Å². The smallest absolute Gasteiger partial charge is 0.240 e. The predicted octanol–water partition coefficient (Wildman–Crippen LogP) is 2.55. The quantitative estimate of drug-likeness (QED) is 0.888. The molecule has 0 bridgehead atoms. The van der Waals surface area contributed by atoms with Gasteiger partial charge in [-0.05, 0) is 49.7 Å². The number of piperidine rings is 1. The van der Waals surface area contributed by atoms with Gasteiger partial charge in [0.25, 0.3) is 0 Å². The molecule has 100 valence electrons. The largest absolute Gasteiger partial charge is 0.336 e. The Morgan fingerprint density at radius 2 is 2.39 bits per heavy atom. The Hall–Kier alpha value is -0.870. The van der Waals surface area contributed by atoms with Crippen molar-refractivity contribution in [2.75, 3.05) is 13.1 Å². The Balaban J connectivity index is 1.96. The summed E-state index contributed by atoms with van der Waals surface area (Å²) in [7, 11) is 0. The number of hydrogen-bond acceptors (Lipinski definition) is 3. The molecule has 1 unspecified atom stereocenters. The summed E-state index contributed by atoms with van der Waals surface area (Å²) < 4.78 is 0. The Kier molecular flexibility index (Phi) is 4.78. The number of nitrogens with zero attached hydrogens (tertiary/aromatic N) is 1. The van der Waals surface area contributed by atoms with E-state index in [1.807, 2.05) is 4.90 Å². The fourth-order valence-corrected chi connectivity index (χ4v) is 3.27. The highest BCUT2D eigenvalue weighted by Crippen LogP contribution is 2.21. The van der Waals surface area contributed by atoms with E-state index < -0.39 is 0 Å². The molecule has 1 amide bonds. The number of hydrogen-bond donors (Lipinski definition) is 1. The molecule has 2 rings (SSSR count). The molecular formula is C14H22N2OS. The molecule has 1 aliphatic rings. The second-order valence-corrected chi connectivity index (χ2v) is 5.94. The zero-order chi connectivity index (χ0) is 13.0. The molecule has 1 aromatic rings. The van der Waals surface area contributed by atoms with Crippen LogP contribution in [0.3, 0.4) is 0 Å². The first-order valence-corrected chi connectivity index (χ1v) is 7.65. The monoisotopic (exact) mass is 266 g/mol. The van der Waals surface area contributed by atoms with E-state index in [9.17, 15) is 4.79 Å². The van der Waals surface area contributed by atoms with Gasteiger partial charge >= 0.3 is 0 Å². The van der Waals surface area contributed by atoms with Gasteiger partial charge in [-0.15, -0.1) is 11.3 Å². The average Bonchev–Trinajstić information content (AvgIpc) is 2.76. The Labute approximate surface area is 113 Å². The van der Waals surface area contributed by atoms with Crippen LogP contribution in [0.1, 0.15) is 36.6 Å². The van der Waals surface area contributed by atoms with Crippen LogP contribution in [0, 0.1) is 6.92 Å². The highest BCUT2D eigenvalue weighted by molar-refractivity contribution is 7.10. The van der Waals surface area contributed by atoms with Crippen molar-refractivity contribution in [3.8, 4) is 0 Å². The number of carbonyl (C=O) groups excluding carboxylic acids is 1. The lowest BCUT2D eigenvalue weighted by atomic mass is 10.0.